The number of nitrogens with zero attached hydrogens (tertiary/aromatic N) is 5. The summed E-state index contributed by atoms with van der Waals surface area (Å²) in [7, 11) is 1.71. The van der Waals surface area contributed by atoms with Gasteiger partial charge < -0.3 is 14.4 Å². The van der Waals surface area contributed by atoms with E-state index in [-0.39, 0.29) is 29.6 Å². The van der Waals surface area contributed by atoms with Crippen molar-refractivity contribution < 1.29 is 23.4 Å². The van der Waals surface area contributed by atoms with Gasteiger partial charge in [-0.05, 0) is 73.1 Å². The number of amides is 1. The number of fused-ring (bicyclic) bond motifs is 1. The fraction of sp³-hybridized carbons (Fsp3) is 0.355. The van der Waals surface area contributed by atoms with Gasteiger partial charge in [-0.1, -0.05) is 12.1 Å². The molecule has 0 spiro atoms. The molecule has 2 saturated carbocycles. The zero-order valence-corrected chi connectivity index (χ0v) is 22.6. The van der Waals surface area contributed by atoms with Crippen LogP contribution in [0.4, 0.5) is 14.6 Å². The predicted molar refractivity (Wildman–Crippen MR) is 147 cm³/mol. The molecule has 2 aliphatic carbocycles. The summed E-state index contributed by atoms with van der Waals surface area (Å²) in [6.07, 6.45) is 5.91. The Morgan fingerprint density at radius 2 is 1.93 bits per heavy atom. The normalized spacial score (nSPS) is 17.6. The Morgan fingerprint density at radius 3 is 2.63 bits per heavy atom. The van der Waals surface area contributed by atoms with Gasteiger partial charge in [-0.3, -0.25) is 9.69 Å². The van der Waals surface area contributed by atoms with Gasteiger partial charge in [0.15, 0.2) is 5.82 Å². The van der Waals surface area contributed by atoms with Crippen LogP contribution in [0.5, 0.6) is 0 Å². The van der Waals surface area contributed by atoms with Crippen LogP contribution < -0.4 is 4.90 Å². The first-order chi connectivity index (χ1) is 19.8. The number of aliphatic hydroxyl groups is 1. The van der Waals surface area contributed by atoms with Gasteiger partial charge in [0.25, 0.3) is 5.91 Å². The minimum atomic E-state index is -0.728. The Balaban J connectivity index is 1.22. The van der Waals surface area contributed by atoms with E-state index in [2.05, 4.69) is 10.2 Å². The highest BCUT2D eigenvalue weighted by Crippen LogP contribution is 2.44. The molecule has 0 unspecified atom stereocenters. The van der Waals surface area contributed by atoms with Gasteiger partial charge in [0, 0.05) is 41.4 Å². The summed E-state index contributed by atoms with van der Waals surface area (Å²) < 4.78 is 37.3. The van der Waals surface area contributed by atoms with Gasteiger partial charge in [0.2, 0.25) is 0 Å². The minimum absolute atomic E-state index is 0.185. The van der Waals surface area contributed by atoms with E-state index in [0.29, 0.717) is 35.9 Å². The number of aromatic nitrogens is 4. The van der Waals surface area contributed by atoms with Crippen molar-refractivity contribution in [1.29, 1.82) is 0 Å². The van der Waals surface area contributed by atoms with Crippen molar-refractivity contribution in [2.45, 2.75) is 56.8 Å². The highest BCUT2D eigenvalue weighted by atomic mass is 19.1. The third-order valence-corrected chi connectivity index (χ3v) is 8.30. The minimum Gasteiger partial charge on any atom is -0.387 e. The van der Waals surface area contributed by atoms with Gasteiger partial charge in [0.05, 0.1) is 25.4 Å². The molecule has 3 aliphatic rings. The molecule has 2 aromatic heterocycles. The second kappa shape index (κ2) is 9.81. The fourth-order valence-corrected chi connectivity index (χ4v) is 5.69. The zero-order chi connectivity index (χ0) is 28.3. The second-order valence-electron chi connectivity index (χ2n) is 11.4. The van der Waals surface area contributed by atoms with Gasteiger partial charge in [-0.15, -0.1) is 10.2 Å². The summed E-state index contributed by atoms with van der Waals surface area (Å²) in [6, 6.07) is 11.3. The predicted octanol–water partition coefficient (Wildman–Crippen LogP) is 5.29. The maximum Gasteiger partial charge on any atom is 0.260 e. The van der Waals surface area contributed by atoms with Crippen molar-refractivity contribution in [3.63, 3.8) is 0 Å². The number of anilines is 1. The number of halogens is 2. The van der Waals surface area contributed by atoms with E-state index >= 15 is 4.39 Å². The lowest BCUT2D eigenvalue weighted by molar-refractivity contribution is -0.0996. The summed E-state index contributed by atoms with van der Waals surface area (Å²) in [5.74, 6) is -0.664. The van der Waals surface area contributed by atoms with E-state index in [1.807, 2.05) is 24.3 Å². The fourth-order valence-electron chi connectivity index (χ4n) is 5.69. The molecule has 1 N–H and O–H groups in total. The van der Waals surface area contributed by atoms with Crippen molar-refractivity contribution in [2.75, 3.05) is 11.5 Å². The summed E-state index contributed by atoms with van der Waals surface area (Å²) in [5, 5.41) is 18.3. The molecule has 7 rings (SSSR count). The largest absolute Gasteiger partial charge is 0.387 e. The summed E-state index contributed by atoms with van der Waals surface area (Å²) in [5.41, 5.74) is 3.29. The first kappa shape index (κ1) is 25.9. The molecule has 3 heterocycles. The number of hydrogen-bond acceptors (Lipinski definition) is 6. The van der Waals surface area contributed by atoms with Gasteiger partial charge in [-0.2, -0.15) is 0 Å². The average molecular weight is 558 g/mol. The van der Waals surface area contributed by atoms with Crippen molar-refractivity contribution in [2.24, 2.45) is 7.05 Å². The van der Waals surface area contributed by atoms with Crippen LogP contribution in [-0.4, -0.2) is 43.0 Å². The summed E-state index contributed by atoms with van der Waals surface area (Å²) in [6.45, 7) is 0.913. The molecular weight excluding hydrogens is 528 g/mol. The second-order valence-corrected chi connectivity index (χ2v) is 11.4. The quantitative estimate of drug-likeness (QED) is 0.316. The molecular formula is C31H29F2N5O3. The third-order valence-electron chi connectivity index (χ3n) is 8.30. The number of aryl methyl sites for hydroxylation is 1. The van der Waals surface area contributed by atoms with E-state index in [9.17, 15) is 14.3 Å². The van der Waals surface area contributed by atoms with Crippen LogP contribution in [0, 0.1) is 11.6 Å². The number of benzene rings is 2. The van der Waals surface area contributed by atoms with Crippen molar-refractivity contribution in [1.82, 2.24) is 19.7 Å². The van der Waals surface area contributed by atoms with E-state index in [4.69, 9.17) is 9.72 Å². The SMILES string of the molecule is Cn1cnnc1-c1cc(F)cc(F)c1-c1cc(C2CC2)nc(N2Cc3ccc(COCC4(O)CCC4)cc3C2=O)c1. The molecule has 41 heavy (non-hydrogen) atoms. The van der Waals surface area contributed by atoms with Crippen LogP contribution in [0.1, 0.15) is 65.2 Å². The Morgan fingerprint density at radius 1 is 1.10 bits per heavy atom. The van der Waals surface area contributed by atoms with Crippen LogP contribution in [-0.2, 0) is 24.9 Å². The molecule has 1 amide bonds. The molecule has 210 valence electrons. The Hall–Kier alpha value is -4.02. The molecule has 0 bridgehead atoms. The summed E-state index contributed by atoms with van der Waals surface area (Å²) in [4.78, 5) is 20.1. The van der Waals surface area contributed by atoms with E-state index in [1.165, 1.54) is 12.4 Å². The summed E-state index contributed by atoms with van der Waals surface area (Å²) >= 11 is 0. The molecule has 4 aromatic rings. The van der Waals surface area contributed by atoms with Gasteiger partial charge >= 0.3 is 0 Å². The monoisotopic (exact) mass is 557 g/mol. The van der Waals surface area contributed by atoms with Crippen molar-refractivity contribution >= 4 is 11.7 Å². The zero-order valence-electron chi connectivity index (χ0n) is 22.6. The Labute approximate surface area is 235 Å². The number of rotatable bonds is 8. The van der Waals surface area contributed by atoms with Crippen molar-refractivity contribution in [3.8, 4) is 22.5 Å². The molecule has 1 aliphatic heterocycles. The Bertz CT molecular complexity index is 1680. The van der Waals surface area contributed by atoms with Crippen LogP contribution >= 0.6 is 0 Å². The highest BCUT2D eigenvalue weighted by molar-refractivity contribution is 6.10. The number of carbonyl (C=O) groups is 1. The van der Waals surface area contributed by atoms with Gasteiger partial charge in [0.1, 0.15) is 23.8 Å². The van der Waals surface area contributed by atoms with Crippen LogP contribution in [0.3, 0.4) is 0 Å². The Kier molecular flexibility index (Phi) is 6.20. The number of hydrogen-bond donors (Lipinski definition) is 1. The van der Waals surface area contributed by atoms with Gasteiger partial charge in [-0.25, -0.2) is 13.8 Å². The molecule has 0 atom stereocenters. The number of ether oxygens (including phenoxy) is 1. The lowest BCUT2D eigenvalue weighted by atomic mass is 9.81. The lowest BCUT2D eigenvalue weighted by Crippen LogP contribution is -2.41. The third kappa shape index (κ3) is 4.81. The lowest BCUT2D eigenvalue weighted by Gasteiger charge is -2.36. The smallest absolute Gasteiger partial charge is 0.260 e. The maximum atomic E-state index is 15.5. The van der Waals surface area contributed by atoms with Crippen LogP contribution in [0.25, 0.3) is 22.5 Å². The first-order valence-electron chi connectivity index (χ1n) is 13.9. The number of carbonyl (C=O) groups excluding carboxylic acids is 1. The molecule has 0 radical (unpaired) electrons. The highest BCUT2D eigenvalue weighted by Gasteiger charge is 2.35. The molecule has 0 saturated heterocycles. The first-order valence-corrected chi connectivity index (χ1v) is 13.9. The standard InChI is InChI=1S/C31H29F2N5O3/c1-37-17-34-36-29(37)24-12-22(32)13-25(33)28(24)21-10-26(19-5-6-19)35-27(11-21)38-14-20-4-3-18(9-23(20)30(38)39)15-41-16-31(40)7-2-8-31/h3-4,9-13,17,19,40H,2,5-8,14-16H2,1H3. The number of pyridine rings is 1. The molecule has 2 aromatic carbocycles. The molecule has 2 fully saturated rings. The topological polar surface area (TPSA) is 93.4 Å². The van der Waals surface area contributed by atoms with Crippen LogP contribution in [0.2, 0.25) is 0 Å². The molecule has 8 nitrogen and oxygen atoms in total. The average Bonchev–Trinajstić information content (AvgIpc) is 3.62. The van der Waals surface area contributed by atoms with Crippen LogP contribution in [0.15, 0.2) is 48.8 Å². The van der Waals surface area contributed by atoms with E-state index in [0.717, 1.165) is 55.0 Å². The van der Waals surface area contributed by atoms with E-state index < -0.39 is 17.2 Å². The van der Waals surface area contributed by atoms with Crippen molar-refractivity contribution in [3.05, 3.63) is 82.8 Å². The maximum absolute atomic E-state index is 15.5. The van der Waals surface area contributed by atoms with E-state index in [1.54, 1.807) is 22.6 Å². The molecule has 10 heteroatoms.